The van der Waals surface area contributed by atoms with Crippen LogP contribution in [-0.4, -0.2) is 15.7 Å². The van der Waals surface area contributed by atoms with E-state index in [1.54, 1.807) is 11.8 Å². The van der Waals surface area contributed by atoms with Gasteiger partial charge in [0.2, 0.25) is 0 Å². The fourth-order valence-corrected chi connectivity index (χ4v) is 2.07. The molecule has 0 amide bonds. The highest BCUT2D eigenvalue weighted by molar-refractivity contribution is 7.99. The van der Waals surface area contributed by atoms with Gasteiger partial charge >= 0.3 is 0 Å². The zero-order valence-corrected chi connectivity index (χ0v) is 9.53. The van der Waals surface area contributed by atoms with Crippen molar-refractivity contribution in [3.63, 3.8) is 0 Å². The van der Waals surface area contributed by atoms with Gasteiger partial charge in [0.15, 0.2) is 5.16 Å². The maximum atomic E-state index is 4.51. The second-order valence-electron chi connectivity index (χ2n) is 3.43. The molecule has 0 aliphatic heterocycles. The molecule has 0 unspecified atom stereocenters. The highest BCUT2D eigenvalue weighted by Crippen LogP contribution is 2.21. The second-order valence-corrected chi connectivity index (χ2v) is 4.68. The van der Waals surface area contributed by atoms with Crippen molar-refractivity contribution < 1.29 is 0 Å². The fourth-order valence-electron chi connectivity index (χ4n) is 1.45. The summed E-state index contributed by atoms with van der Waals surface area (Å²) < 4.78 is 0. The van der Waals surface area contributed by atoms with Gasteiger partial charge in [-0.15, -0.1) is 0 Å². The van der Waals surface area contributed by atoms with E-state index in [0.717, 1.165) is 21.9 Å². The number of thioether (sulfide) groups is 1. The van der Waals surface area contributed by atoms with Gasteiger partial charge in [-0.3, -0.25) is 0 Å². The number of nitrogens with one attached hydrogen (secondary N) is 1. The number of aromatic amines is 1. The molecule has 0 bridgehead atoms. The molecule has 0 atom stereocenters. The zero-order chi connectivity index (χ0) is 10.1. The standard InChI is InChI=1S/C11H14N2S/c1-4-14-11-12-9-5-7(2)8(3)6-10(9)13-11/h5-6H,4H2,1-3H3,(H,12,13). The van der Waals surface area contributed by atoms with Gasteiger partial charge in [-0.25, -0.2) is 4.98 Å². The number of hydrogen-bond acceptors (Lipinski definition) is 2. The Morgan fingerprint density at radius 1 is 1.29 bits per heavy atom. The van der Waals surface area contributed by atoms with Gasteiger partial charge in [-0.1, -0.05) is 18.7 Å². The molecule has 1 heterocycles. The van der Waals surface area contributed by atoms with Crippen LogP contribution in [-0.2, 0) is 0 Å². The normalized spacial score (nSPS) is 11.1. The van der Waals surface area contributed by atoms with Gasteiger partial charge in [0.25, 0.3) is 0 Å². The number of rotatable bonds is 2. The molecule has 2 rings (SSSR count). The molecule has 0 saturated heterocycles. The minimum absolute atomic E-state index is 1.02. The van der Waals surface area contributed by atoms with Gasteiger partial charge in [0, 0.05) is 0 Å². The van der Waals surface area contributed by atoms with Crippen LogP contribution in [0.2, 0.25) is 0 Å². The third kappa shape index (κ3) is 1.64. The Labute approximate surface area is 88.1 Å². The van der Waals surface area contributed by atoms with Crippen LogP contribution in [0.1, 0.15) is 18.1 Å². The van der Waals surface area contributed by atoms with Crippen LogP contribution in [0.25, 0.3) is 11.0 Å². The van der Waals surface area contributed by atoms with Gasteiger partial charge in [0.05, 0.1) is 11.0 Å². The minimum Gasteiger partial charge on any atom is -0.333 e. The number of benzene rings is 1. The quantitative estimate of drug-likeness (QED) is 0.764. The predicted molar refractivity (Wildman–Crippen MR) is 62.0 cm³/mol. The molecule has 1 N–H and O–H groups in total. The number of fused-ring (bicyclic) bond motifs is 1. The molecule has 0 aliphatic carbocycles. The monoisotopic (exact) mass is 206 g/mol. The summed E-state index contributed by atoms with van der Waals surface area (Å²) in [5, 5.41) is 1.02. The Kier molecular flexibility index (Phi) is 2.50. The molecular weight excluding hydrogens is 192 g/mol. The SMILES string of the molecule is CCSc1nc2cc(C)c(C)cc2[nH]1. The van der Waals surface area contributed by atoms with Crippen molar-refractivity contribution in [3.8, 4) is 0 Å². The van der Waals surface area contributed by atoms with Crippen LogP contribution in [0, 0.1) is 13.8 Å². The second kappa shape index (κ2) is 3.65. The van der Waals surface area contributed by atoms with E-state index >= 15 is 0 Å². The van der Waals surface area contributed by atoms with E-state index in [1.165, 1.54) is 11.1 Å². The Hall–Kier alpha value is -0.960. The number of imidazole rings is 1. The van der Waals surface area contributed by atoms with E-state index in [1.807, 2.05) is 0 Å². The van der Waals surface area contributed by atoms with Crippen LogP contribution in [0.5, 0.6) is 0 Å². The van der Waals surface area contributed by atoms with Crippen molar-refractivity contribution in [2.45, 2.75) is 25.9 Å². The first kappa shape index (κ1) is 9.59. The molecule has 14 heavy (non-hydrogen) atoms. The summed E-state index contributed by atoms with van der Waals surface area (Å²) in [4.78, 5) is 7.83. The first-order valence-electron chi connectivity index (χ1n) is 4.80. The third-order valence-corrected chi connectivity index (χ3v) is 3.11. The largest absolute Gasteiger partial charge is 0.333 e. The topological polar surface area (TPSA) is 28.7 Å². The maximum Gasteiger partial charge on any atom is 0.166 e. The van der Waals surface area contributed by atoms with Crippen molar-refractivity contribution in [1.82, 2.24) is 9.97 Å². The molecule has 1 aromatic carbocycles. The zero-order valence-electron chi connectivity index (χ0n) is 8.72. The van der Waals surface area contributed by atoms with Crippen LogP contribution >= 0.6 is 11.8 Å². The highest BCUT2D eigenvalue weighted by Gasteiger charge is 2.03. The molecule has 2 nitrogen and oxygen atoms in total. The summed E-state index contributed by atoms with van der Waals surface area (Å²) in [5.41, 5.74) is 4.83. The van der Waals surface area contributed by atoms with Crippen LogP contribution in [0.3, 0.4) is 0 Å². The van der Waals surface area contributed by atoms with Crippen molar-refractivity contribution >= 4 is 22.8 Å². The summed E-state index contributed by atoms with van der Waals surface area (Å²) in [6.45, 7) is 6.38. The van der Waals surface area contributed by atoms with Gasteiger partial charge in [-0.2, -0.15) is 0 Å². The van der Waals surface area contributed by atoms with Crippen molar-refractivity contribution in [2.24, 2.45) is 0 Å². The lowest BCUT2D eigenvalue weighted by atomic mass is 10.1. The summed E-state index contributed by atoms with van der Waals surface area (Å²) in [6.07, 6.45) is 0. The fraction of sp³-hybridized carbons (Fsp3) is 0.364. The van der Waals surface area contributed by atoms with Crippen molar-refractivity contribution in [2.75, 3.05) is 5.75 Å². The Bertz CT molecular complexity index is 421. The van der Waals surface area contributed by atoms with Gasteiger partial charge in [0.1, 0.15) is 0 Å². The van der Waals surface area contributed by atoms with Crippen LogP contribution in [0.4, 0.5) is 0 Å². The molecule has 1 aromatic heterocycles. The van der Waals surface area contributed by atoms with E-state index in [4.69, 9.17) is 0 Å². The van der Waals surface area contributed by atoms with Crippen LogP contribution in [0.15, 0.2) is 17.3 Å². The molecule has 2 aromatic rings. The van der Waals surface area contributed by atoms with E-state index in [-0.39, 0.29) is 0 Å². The predicted octanol–water partition coefficient (Wildman–Crippen LogP) is 3.29. The molecule has 0 radical (unpaired) electrons. The maximum absolute atomic E-state index is 4.51. The Balaban J connectivity index is 2.54. The molecule has 3 heteroatoms. The molecular formula is C11H14N2S. The summed E-state index contributed by atoms with van der Waals surface area (Å²) in [7, 11) is 0. The number of aromatic nitrogens is 2. The lowest BCUT2D eigenvalue weighted by molar-refractivity contribution is 1.08. The average molecular weight is 206 g/mol. The molecule has 0 aliphatic rings. The smallest absolute Gasteiger partial charge is 0.166 e. The lowest BCUT2D eigenvalue weighted by Crippen LogP contribution is -1.79. The summed E-state index contributed by atoms with van der Waals surface area (Å²) in [5.74, 6) is 1.05. The molecule has 0 spiro atoms. The van der Waals surface area contributed by atoms with E-state index < -0.39 is 0 Å². The Morgan fingerprint density at radius 2 is 2.00 bits per heavy atom. The molecule has 0 saturated carbocycles. The number of H-pyrrole nitrogens is 1. The number of aryl methyl sites for hydroxylation is 2. The van der Waals surface area contributed by atoms with Crippen LogP contribution < -0.4 is 0 Å². The summed E-state index contributed by atoms with van der Waals surface area (Å²) >= 11 is 1.75. The summed E-state index contributed by atoms with van der Waals surface area (Å²) in [6, 6.07) is 4.30. The van der Waals surface area contributed by atoms with Crippen molar-refractivity contribution in [3.05, 3.63) is 23.3 Å². The minimum atomic E-state index is 1.02. The van der Waals surface area contributed by atoms with E-state index in [2.05, 4.69) is 42.9 Å². The highest BCUT2D eigenvalue weighted by atomic mass is 32.2. The first-order chi connectivity index (χ1) is 6.70. The van der Waals surface area contributed by atoms with E-state index in [0.29, 0.717) is 0 Å². The number of hydrogen-bond donors (Lipinski definition) is 1. The Morgan fingerprint density at radius 3 is 2.71 bits per heavy atom. The lowest BCUT2D eigenvalue weighted by Gasteiger charge is -1.97. The van der Waals surface area contributed by atoms with Crippen molar-refractivity contribution in [1.29, 1.82) is 0 Å². The average Bonchev–Trinajstić information content (AvgIpc) is 2.48. The molecule has 74 valence electrons. The molecule has 0 fully saturated rings. The van der Waals surface area contributed by atoms with Gasteiger partial charge in [-0.05, 0) is 42.9 Å². The first-order valence-corrected chi connectivity index (χ1v) is 5.79. The van der Waals surface area contributed by atoms with Gasteiger partial charge < -0.3 is 4.98 Å². The third-order valence-electron chi connectivity index (χ3n) is 2.36. The number of nitrogens with zero attached hydrogens (tertiary/aromatic N) is 1. The van der Waals surface area contributed by atoms with E-state index in [9.17, 15) is 0 Å².